The Labute approximate surface area is 197 Å². The molecule has 0 spiro atoms. The Morgan fingerprint density at radius 1 is 1.11 bits per heavy atom. The number of sulfone groups is 1. The van der Waals surface area contributed by atoms with Crippen molar-refractivity contribution in [2.45, 2.75) is 36.6 Å². The zero-order valence-electron chi connectivity index (χ0n) is 18.3. The lowest BCUT2D eigenvalue weighted by molar-refractivity contribution is -0.0305. The summed E-state index contributed by atoms with van der Waals surface area (Å²) in [5.41, 5.74) is 0.942. The van der Waals surface area contributed by atoms with E-state index in [2.05, 4.69) is 20.2 Å². The Bertz CT molecular complexity index is 1570. The molecule has 182 valence electrons. The lowest BCUT2D eigenvalue weighted by Gasteiger charge is -2.31. The second kappa shape index (κ2) is 8.05. The first-order valence-corrected chi connectivity index (χ1v) is 12.9. The van der Waals surface area contributed by atoms with Gasteiger partial charge in [0.05, 0.1) is 46.8 Å². The zero-order valence-corrected chi connectivity index (χ0v) is 19.1. The largest absolute Gasteiger partial charge is 0.371 e. The third-order valence-corrected chi connectivity index (χ3v) is 7.85. The van der Waals surface area contributed by atoms with Crippen molar-refractivity contribution in [3.63, 3.8) is 0 Å². The Morgan fingerprint density at radius 2 is 1.89 bits per heavy atom. The molecule has 2 aliphatic heterocycles. The van der Waals surface area contributed by atoms with Crippen molar-refractivity contribution >= 4 is 32.3 Å². The number of pyridine rings is 2. The van der Waals surface area contributed by atoms with Gasteiger partial charge in [0.2, 0.25) is 0 Å². The fourth-order valence-electron chi connectivity index (χ4n) is 4.79. The summed E-state index contributed by atoms with van der Waals surface area (Å²) >= 11 is 0. The average Bonchev–Trinajstić information content (AvgIpc) is 3.50. The molecule has 0 aromatic carbocycles. The van der Waals surface area contributed by atoms with Crippen LogP contribution < -0.4 is 0 Å². The van der Waals surface area contributed by atoms with Gasteiger partial charge in [-0.25, -0.2) is 22.2 Å². The van der Waals surface area contributed by atoms with E-state index in [0.29, 0.717) is 30.1 Å². The SMILES string of the molecule is O=C(c1cc2[nH]nc(CS(=O)(=O)Cc3cnc4c(F)cc(F)cn34)c2cn1)N1CC2CCC(C1)O2. The second-order valence-electron chi connectivity index (χ2n) is 8.93. The minimum Gasteiger partial charge on any atom is -0.371 e. The van der Waals surface area contributed by atoms with Crippen molar-refractivity contribution < 1.29 is 26.7 Å². The normalized spacial score (nSPS) is 20.2. The van der Waals surface area contributed by atoms with Crippen molar-refractivity contribution in [3.8, 4) is 0 Å². The van der Waals surface area contributed by atoms with Gasteiger partial charge in [0.15, 0.2) is 21.3 Å². The molecule has 6 rings (SSSR count). The highest BCUT2D eigenvalue weighted by Crippen LogP contribution is 2.27. The summed E-state index contributed by atoms with van der Waals surface area (Å²) in [4.78, 5) is 22.8. The molecule has 0 aliphatic carbocycles. The van der Waals surface area contributed by atoms with Crippen LogP contribution in [0.3, 0.4) is 0 Å². The summed E-state index contributed by atoms with van der Waals surface area (Å²) in [5, 5.41) is 7.37. The number of ether oxygens (including phenoxy) is 1. The highest BCUT2D eigenvalue weighted by Gasteiger charge is 2.36. The number of aromatic nitrogens is 5. The van der Waals surface area contributed by atoms with E-state index < -0.39 is 33.0 Å². The number of hydrogen-bond donors (Lipinski definition) is 1. The molecule has 2 atom stereocenters. The topological polar surface area (TPSA) is 123 Å². The third kappa shape index (κ3) is 4.04. The van der Waals surface area contributed by atoms with Crippen molar-refractivity contribution in [1.82, 2.24) is 29.5 Å². The molecule has 1 amide bonds. The first-order chi connectivity index (χ1) is 16.8. The first-order valence-electron chi connectivity index (χ1n) is 11.0. The number of imidazole rings is 1. The molecule has 35 heavy (non-hydrogen) atoms. The van der Waals surface area contributed by atoms with Gasteiger partial charge < -0.3 is 9.64 Å². The molecule has 2 unspecified atom stereocenters. The molecule has 6 heterocycles. The molecule has 13 heteroatoms. The van der Waals surface area contributed by atoms with Crippen LogP contribution in [0.5, 0.6) is 0 Å². The zero-order chi connectivity index (χ0) is 24.3. The van der Waals surface area contributed by atoms with Crippen LogP contribution in [-0.4, -0.2) is 69.1 Å². The van der Waals surface area contributed by atoms with Gasteiger partial charge in [0.1, 0.15) is 11.5 Å². The van der Waals surface area contributed by atoms with E-state index in [4.69, 9.17) is 4.74 Å². The van der Waals surface area contributed by atoms with E-state index in [1.54, 1.807) is 11.0 Å². The number of carbonyl (C=O) groups is 1. The molecule has 0 radical (unpaired) electrons. The Morgan fingerprint density at radius 3 is 2.66 bits per heavy atom. The van der Waals surface area contributed by atoms with E-state index in [1.165, 1.54) is 12.4 Å². The van der Waals surface area contributed by atoms with Gasteiger partial charge in [-0.05, 0) is 18.9 Å². The van der Waals surface area contributed by atoms with Crippen LogP contribution in [0.25, 0.3) is 16.6 Å². The van der Waals surface area contributed by atoms with Crippen molar-refractivity contribution in [2.24, 2.45) is 0 Å². The molecule has 4 aromatic rings. The molecular formula is C22H20F2N6O4S. The Hall–Kier alpha value is -3.45. The number of nitrogens with one attached hydrogen (secondary N) is 1. The van der Waals surface area contributed by atoms with E-state index in [1.807, 2.05) is 0 Å². The van der Waals surface area contributed by atoms with Gasteiger partial charge in [-0.15, -0.1) is 0 Å². The number of aromatic amines is 1. The van der Waals surface area contributed by atoms with Gasteiger partial charge in [0.25, 0.3) is 5.91 Å². The van der Waals surface area contributed by atoms with E-state index in [9.17, 15) is 22.0 Å². The smallest absolute Gasteiger partial charge is 0.272 e. The summed E-state index contributed by atoms with van der Waals surface area (Å²) < 4.78 is 60.2. The quantitative estimate of drug-likeness (QED) is 0.443. The Kier molecular flexibility index (Phi) is 5.07. The Balaban J connectivity index is 1.22. The number of rotatable bonds is 5. The van der Waals surface area contributed by atoms with Crippen LogP contribution >= 0.6 is 0 Å². The summed E-state index contributed by atoms with van der Waals surface area (Å²) in [7, 11) is -3.79. The van der Waals surface area contributed by atoms with Gasteiger partial charge in [-0.3, -0.25) is 19.3 Å². The summed E-state index contributed by atoms with van der Waals surface area (Å²) in [6, 6.07) is 2.25. The molecule has 2 bridgehead atoms. The molecule has 1 N–H and O–H groups in total. The number of morpholine rings is 1. The monoisotopic (exact) mass is 502 g/mol. The van der Waals surface area contributed by atoms with Crippen LogP contribution in [0.4, 0.5) is 8.78 Å². The number of amides is 1. The van der Waals surface area contributed by atoms with Crippen molar-refractivity contribution in [2.75, 3.05) is 13.1 Å². The molecule has 2 aliphatic rings. The maximum absolute atomic E-state index is 13.9. The van der Waals surface area contributed by atoms with E-state index >= 15 is 0 Å². The minimum atomic E-state index is -3.79. The molecule has 10 nitrogen and oxygen atoms in total. The maximum atomic E-state index is 13.9. The van der Waals surface area contributed by atoms with Gasteiger partial charge in [0, 0.05) is 36.9 Å². The number of H-pyrrole nitrogens is 1. The number of hydrogen-bond acceptors (Lipinski definition) is 7. The molecule has 2 saturated heterocycles. The van der Waals surface area contributed by atoms with Crippen LogP contribution in [0, 0.1) is 11.6 Å². The summed E-state index contributed by atoms with van der Waals surface area (Å²) in [5.74, 6) is -2.85. The highest BCUT2D eigenvalue weighted by atomic mass is 32.2. The number of fused-ring (bicyclic) bond motifs is 4. The van der Waals surface area contributed by atoms with Crippen LogP contribution in [0.1, 0.15) is 34.7 Å². The van der Waals surface area contributed by atoms with Crippen molar-refractivity contribution in [1.29, 1.82) is 0 Å². The standard InChI is InChI=1S/C22H20F2N6O4S/c23-12-3-17(24)21-26-5-13(30(21)7-12)10-35(32,33)11-20-16-6-25-19(4-18(16)27-28-20)22(31)29-8-14-1-2-15(9-29)34-14/h3-7,14-15H,1-2,8-11H2,(H,27,28). The van der Waals surface area contributed by atoms with E-state index in [-0.39, 0.29) is 40.8 Å². The predicted molar refractivity (Wildman–Crippen MR) is 119 cm³/mol. The lowest BCUT2D eigenvalue weighted by Crippen LogP contribution is -2.46. The number of carbonyl (C=O) groups excluding carboxylic acids is 1. The van der Waals surface area contributed by atoms with E-state index in [0.717, 1.165) is 23.4 Å². The first kappa shape index (κ1) is 22.0. The lowest BCUT2D eigenvalue weighted by atomic mass is 10.2. The minimum absolute atomic E-state index is 0.0614. The maximum Gasteiger partial charge on any atom is 0.272 e. The van der Waals surface area contributed by atoms with Gasteiger partial charge in [-0.1, -0.05) is 0 Å². The second-order valence-corrected chi connectivity index (χ2v) is 11.0. The fraction of sp³-hybridized carbons (Fsp3) is 0.364. The highest BCUT2D eigenvalue weighted by molar-refractivity contribution is 7.89. The number of nitrogens with zero attached hydrogens (tertiary/aromatic N) is 5. The van der Waals surface area contributed by atoms with Gasteiger partial charge in [-0.2, -0.15) is 5.10 Å². The summed E-state index contributed by atoms with van der Waals surface area (Å²) in [6.07, 6.45) is 5.64. The van der Waals surface area contributed by atoms with Crippen molar-refractivity contribution in [3.05, 3.63) is 59.4 Å². The van der Waals surface area contributed by atoms with Crippen LogP contribution in [0.2, 0.25) is 0 Å². The average molecular weight is 503 g/mol. The van der Waals surface area contributed by atoms with Gasteiger partial charge >= 0.3 is 0 Å². The van der Waals surface area contributed by atoms with Crippen LogP contribution in [0.15, 0.2) is 30.7 Å². The molecule has 4 aromatic heterocycles. The number of likely N-dealkylation sites (tertiary alicyclic amines) is 1. The fourth-order valence-corrected chi connectivity index (χ4v) is 6.19. The molecule has 2 fully saturated rings. The third-order valence-electron chi connectivity index (χ3n) is 6.40. The summed E-state index contributed by atoms with van der Waals surface area (Å²) in [6.45, 7) is 1.05. The molecular weight excluding hydrogens is 482 g/mol. The van der Waals surface area contributed by atoms with Crippen LogP contribution in [-0.2, 0) is 26.1 Å². The number of halogens is 2. The molecule has 0 saturated carbocycles. The predicted octanol–water partition coefficient (Wildman–Crippen LogP) is 2.00.